The number of hydrogen-bond donors (Lipinski definition) is 0. The second kappa shape index (κ2) is 6.02. The van der Waals surface area contributed by atoms with Gasteiger partial charge in [0.1, 0.15) is 0 Å². The van der Waals surface area contributed by atoms with Gasteiger partial charge in [-0.05, 0) is 40.3 Å². The molecule has 0 heterocycles. The molecular formula is C18H17N. The van der Waals surface area contributed by atoms with E-state index in [9.17, 15) is 0 Å². The highest BCUT2D eigenvalue weighted by Gasteiger charge is 2.02. The first kappa shape index (κ1) is 13.1. The van der Waals surface area contributed by atoms with Crippen LogP contribution in [-0.4, -0.2) is 0 Å². The summed E-state index contributed by atoms with van der Waals surface area (Å²) in [5.74, 6) is 0.529. The maximum Gasteiger partial charge on any atom is 0.0912 e. The molecule has 0 saturated heterocycles. The Bertz CT molecular complexity index is 630. The quantitative estimate of drug-likeness (QED) is 0.699. The van der Waals surface area contributed by atoms with Crippen molar-refractivity contribution in [3.8, 4) is 17.2 Å². The van der Waals surface area contributed by atoms with Gasteiger partial charge in [-0.3, -0.25) is 0 Å². The third kappa shape index (κ3) is 3.33. The lowest BCUT2D eigenvalue weighted by Crippen LogP contribution is -1.88. The molecule has 0 fully saturated rings. The van der Waals surface area contributed by atoms with Gasteiger partial charge in [0.15, 0.2) is 0 Å². The van der Waals surface area contributed by atoms with Crippen molar-refractivity contribution in [2.75, 3.05) is 0 Å². The molecule has 0 radical (unpaired) electrons. The zero-order valence-corrected chi connectivity index (χ0v) is 11.3. The Kier molecular flexibility index (Phi) is 4.15. The molecule has 0 aromatic heterocycles. The summed E-state index contributed by atoms with van der Waals surface area (Å²) in [7, 11) is 0. The maximum absolute atomic E-state index is 8.57. The lowest BCUT2D eigenvalue weighted by Gasteiger charge is -2.08. The van der Waals surface area contributed by atoms with E-state index >= 15 is 0 Å². The van der Waals surface area contributed by atoms with E-state index in [1.807, 2.05) is 24.3 Å². The van der Waals surface area contributed by atoms with E-state index < -0.39 is 0 Å². The van der Waals surface area contributed by atoms with Crippen LogP contribution in [0.1, 0.15) is 30.9 Å². The minimum atomic E-state index is 0.529. The van der Waals surface area contributed by atoms with Gasteiger partial charge >= 0.3 is 0 Å². The lowest BCUT2D eigenvalue weighted by molar-refractivity contribution is 0.867. The SMILES string of the molecule is CC(C)c1cccc(-c2cccc(/C=C/C#N)c2)c1. The molecule has 2 aromatic rings. The van der Waals surface area contributed by atoms with E-state index in [2.05, 4.69) is 50.2 Å². The van der Waals surface area contributed by atoms with Crippen molar-refractivity contribution in [1.29, 1.82) is 5.26 Å². The van der Waals surface area contributed by atoms with Crippen molar-refractivity contribution >= 4 is 6.08 Å². The van der Waals surface area contributed by atoms with Gasteiger partial charge < -0.3 is 0 Å². The van der Waals surface area contributed by atoms with E-state index in [0.717, 1.165) is 5.56 Å². The molecule has 1 heteroatoms. The molecule has 0 atom stereocenters. The standard InChI is InChI=1S/C18H17N/c1-14(2)16-8-4-10-18(13-16)17-9-3-6-15(12-17)7-5-11-19/h3-10,12-14H,1-2H3/b7-5+. The monoisotopic (exact) mass is 247 g/mol. The summed E-state index contributed by atoms with van der Waals surface area (Å²) in [5, 5.41) is 8.57. The summed E-state index contributed by atoms with van der Waals surface area (Å²) in [4.78, 5) is 0. The Morgan fingerprint density at radius 3 is 2.37 bits per heavy atom. The Balaban J connectivity index is 2.39. The summed E-state index contributed by atoms with van der Waals surface area (Å²) in [5.41, 5.74) is 4.80. The van der Waals surface area contributed by atoms with Crippen LogP contribution >= 0.6 is 0 Å². The van der Waals surface area contributed by atoms with Gasteiger partial charge in [-0.25, -0.2) is 0 Å². The fourth-order valence-corrected chi connectivity index (χ4v) is 2.03. The predicted molar refractivity (Wildman–Crippen MR) is 80.6 cm³/mol. The summed E-state index contributed by atoms with van der Waals surface area (Å²) < 4.78 is 0. The van der Waals surface area contributed by atoms with Gasteiger partial charge in [-0.2, -0.15) is 5.26 Å². The van der Waals surface area contributed by atoms with Crippen LogP contribution in [0.5, 0.6) is 0 Å². The number of benzene rings is 2. The Morgan fingerprint density at radius 1 is 1.00 bits per heavy atom. The van der Waals surface area contributed by atoms with Crippen molar-refractivity contribution in [2.24, 2.45) is 0 Å². The predicted octanol–water partition coefficient (Wildman–Crippen LogP) is 5.01. The topological polar surface area (TPSA) is 23.8 Å². The first-order valence-electron chi connectivity index (χ1n) is 6.47. The van der Waals surface area contributed by atoms with E-state index in [4.69, 9.17) is 5.26 Å². The van der Waals surface area contributed by atoms with Crippen LogP contribution in [0.2, 0.25) is 0 Å². The molecule has 0 aliphatic heterocycles. The molecule has 94 valence electrons. The Hall–Kier alpha value is -2.33. The number of rotatable bonds is 3. The van der Waals surface area contributed by atoms with Crippen molar-refractivity contribution < 1.29 is 0 Å². The van der Waals surface area contributed by atoms with E-state index in [1.165, 1.54) is 22.8 Å². The van der Waals surface area contributed by atoms with Gasteiger partial charge in [0.05, 0.1) is 6.07 Å². The molecule has 0 bridgehead atoms. The zero-order chi connectivity index (χ0) is 13.7. The van der Waals surface area contributed by atoms with Gasteiger partial charge in [0, 0.05) is 6.08 Å². The molecule has 0 amide bonds. The first-order chi connectivity index (χ1) is 9.20. The van der Waals surface area contributed by atoms with Crippen LogP contribution in [0.4, 0.5) is 0 Å². The summed E-state index contributed by atoms with van der Waals surface area (Å²) in [6.07, 6.45) is 3.33. The summed E-state index contributed by atoms with van der Waals surface area (Å²) >= 11 is 0. The third-order valence-electron chi connectivity index (χ3n) is 3.12. The van der Waals surface area contributed by atoms with Crippen LogP contribution in [0.3, 0.4) is 0 Å². The number of nitrogens with zero attached hydrogens (tertiary/aromatic N) is 1. The average Bonchev–Trinajstić information content (AvgIpc) is 2.45. The Labute approximate surface area is 114 Å². The molecule has 0 spiro atoms. The van der Waals surface area contributed by atoms with Crippen LogP contribution in [0.25, 0.3) is 17.2 Å². The molecule has 2 rings (SSSR count). The molecule has 0 aliphatic carbocycles. The highest BCUT2D eigenvalue weighted by Crippen LogP contribution is 2.25. The molecule has 19 heavy (non-hydrogen) atoms. The second-order valence-corrected chi connectivity index (χ2v) is 4.87. The van der Waals surface area contributed by atoms with Crippen LogP contribution in [-0.2, 0) is 0 Å². The normalized spacial score (nSPS) is 10.8. The van der Waals surface area contributed by atoms with Crippen LogP contribution in [0, 0.1) is 11.3 Å². The molecule has 2 aromatic carbocycles. The van der Waals surface area contributed by atoms with Crippen molar-refractivity contribution in [3.05, 3.63) is 65.7 Å². The van der Waals surface area contributed by atoms with Crippen molar-refractivity contribution in [1.82, 2.24) is 0 Å². The van der Waals surface area contributed by atoms with Gasteiger partial charge in [-0.15, -0.1) is 0 Å². The van der Waals surface area contributed by atoms with Crippen LogP contribution in [0.15, 0.2) is 54.6 Å². The van der Waals surface area contributed by atoms with E-state index in [1.54, 1.807) is 0 Å². The largest absolute Gasteiger partial charge is 0.193 e. The highest BCUT2D eigenvalue weighted by atomic mass is 14.2. The third-order valence-corrected chi connectivity index (χ3v) is 3.12. The molecule has 1 nitrogen and oxygen atoms in total. The molecule has 0 aliphatic rings. The highest BCUT2D eigenvalue weighted by molar-refractivity contribution is 5.68. The Morgan fingerprint density at radius 2 is 1.68 bits per heavy atom. The smallest absolute Gasteiger partial charge is 0.0912 e. The minimum Gasteiger partial charge on any atom is -0.193 e. The van der Waals surface area contributed by atoms with Gasteiger partial charge in [0.25, 0.3) is 0 Å². The average molecular weight is 247 g/mol. The van der Waals surface area contributed by atoms with Gasteiger partial charge in [0.2, 0.25) is 0 Å². The maximum atomic E-state index is 8.57. The van der Waals surface area contributed by atoms with E-state index in [0.29, 0.717) is 5.92 Å². The van der Waals surface area contributed by atoms with Gasteiger partial charge in [-0.1, -0.05) is 56.3 Å². The summed E-state index contributed by atoms with van der Waals surface area (Å²) in [6.45, 7) is 4.40. The van der Waals surface area contributed by atoms with Crippen molar-refractivity contribution in [3.63, 3.8) is 0 Å². The number of nitriles is 1. The number of hydrogen-bond acceptors (Lipinski definition) is 1. The molecular weight excluding hydrogens is 230 g/mol. The fourth-order valence-electron chi connectivity index (χ4n) is 2.03. The zero-order valence-electron chi connectivity index (χ0n) is 11.3. The van der Waals surface area contributed by atoms with E-state index in [-0.39, 0.29) is 0 Å². The molecule has 0 saturated carbocycles. The van der Waals surface area contributed by atoms with Crippen molar-refractivity contribution in [2.45, 2.75) is 19.8 Å². The first-order valence-corrected chi connectivity index (χ1v) is 6.47. The van der Waals surface area contributed by atoms with Crippen LogP contribution < -0.4 is 0 Å². The number of allylic oxidation sites excluding steroid dienone is 1. The second-order valence-electron chi connectivity index (χ2n) is 4.87. The minimum absolute atomic E-state index is 0.529. The molecule has 0 N–H and O–H groups in total. The summed E-state index contributed by atoms with van der Waals surface area (Å²) in [6, 6.07) is 18.9. The fraction of sp³-hybridized carbons (Fsp3) is 0.167. The molecule has 0 unspecified atom stereocenters. The lowest BCUT2D eigenvalue weighted by atomic mass is 9.96.